The fourth-order valence-electron chi connectivity index (χ4n) is 2.64. The van der Waals surface area contributed by atoms with Crippen molar-refractivity contribution >= 4 is 11.7 Å². The van der Waals surface area contributed by atoms with E-state index >= 15 is 0 Å². The molecule has 0 atom stereocenters. The van der Waals surface area contributed by atoms with Gasteiger partial charge in [-0.1, -0.05) is 36.4 Å². The summed E-state index contributed by atoms with van der Waals surface area (Å²) in [7, 11) is 0. The van der Waals surface area contributed by atoms with Gasteiger partial charge >= 0.3 is 0 Å². The highest BCUT2D eigenvalue weighted by Gasteiger charge is 2.19. The molecule has 1 aromatic heterocycles. The van der Waals surface area contributed by atoms with E-state index in [1.165, 1.54) is 0 Å². The molecule has 3 rings (SSSR count). The molecule has 0 saturated heterocycles. The first kappa shape index (κ1) is 17.7. The molecule has 1 heterocycles. The molecular weight excluding hydrogens is 324 g/mol. The third kappa shape index (κ3) is 4.48. The monoisotopic (exact) mass is 346 g/mol. The van der Waals surface area contributed by atoms with Crippen LogP contribution in [0.2, 0.25) is 0 Å². The Morgan fingerprint density at radius 3 is 2.27 bits per heavy atom. The number of carbonyl (C=O) groups is 1. The van der Waals surface area contributed by atoms with Gasteiger partial charge in [0.2, 0.25) is 0 Å². The highest BCUT2D eigenvalue weighted by molar-refractivity contribution is 6.05. The smallest absolute Gasteiger partial charge is 0.259 e. The fraction of sp³-hybridized carbons (Fsp3) is 0.182. The predicted molar refractivity (Wildman–Crippen MR) is 103 cm³/mol. The van der Waals surface area contributed by atoms with E-state index in [4.69, 9.17) is 4.74 Å². The minimum absolute atomic E-state index is 0.0938. The normalized spacial score (nSPS) is 10.6. The van der Waals surface area contributed by atoms with Crippen LogP contribution in [0.5, 0.6) is 5.75 Å². The number of nitrogens with zero attached hydrogens (tertiary/aromatic N) is 2. The van der Waals surface area contributed by atoms with E-state index in [1.54, 1.807) is 23.2 Å². The summed E-state index contributed by atoms with van der Waals surface area (Å²) in [5.74, 6) is 1.29. The van der Waals surface area contributed by atoms with Crippen molar-refractivity contribution in [2.45, 2.75) is 26.5 Å². The Morgan fingerprint density at radius 2 is 1.65 bits per heavy atom. The molecule has 0 aliphatic rings. The summed E-state index contributed by atoms with van der Waals surface area (Å²) in [6.07, 6.45) is 1.79. The third-order valence-corrected chi connectivity index (χ3v) is 3.83. The van der Waals surface area contributed by atoms with Crippen molar-refractivity contribution in [2.24, 2.45) is 0 Å². The van der Waals surface area contributed by atoms with E-state index in [2.05, 4.69) is 4.98 Å². The molecule has 0 fully saturated rings. The minimum Gasteiger partial charge on any atom is -0.491 e. The molecular formula is C22H22N2O2. The van der Waals surface area contributed by atoms with Gasteiger partial charge in [0.25, 0.3) is 5.91 Å². The SMILES string of the molecule is CC(C)Oc1ccc(C(=O)N(Cc2ccccc2)c2ccccn2)cc1. The molecule has 3 aromatic rings. The number of rotatable bonds is 6. The number of benzene rings is 2. The molecule has 1 amide bonds. The fourth-order valence-corrected chi connectivity index (χ4v) is 2.64. The maximum Gasteiger partial charge on any atom is 0.259 e. The quantitative estimate of drug-likeness (QED) is 0.649. The van der Waals surface area contributed by atoms with E-state index in [0.717, 1.165) is 11.3 Å². The Balaban J connectivity index is 1.87. The van der Waals surface area contributed by atoms with Gasteiger partial charge in [0.05, 0.1) is 12.6 Å². The van der Waals surface area contributed by atoms with E-state index in [1.807, 2.05) is 74.5 Å². The largest absolute Gasteiger partial charge is 0.491 e. The van der Waals surface area contributed by atoms with E-state index in [9.17, 15) is 4.79 Å². The summed E-state index contributed by atoms with van der Waals surface area (Å²) < 4.78 is 5.65. The summed E-state index contributed by atoms with van der Waals surface area (Å²) >= 11 is 0. The summed E-state index contributed by atoms with van der Waals surface area (Å²) in [6, 6.07) is 22.7. The lowest BCUT2D eigenvalue weighted by Gasteiger charge is -2.22. The second-order valence-corrected chi connectivity index (χ2v) is 6.26. The molecule has 0 aliphatic heterocycles. The summed E-state index contributed by atoms with van der Waals surface area (Å²) in [5, 5.41) is 0. The van der Waals surface area contributed by atoms with Crippen molar-refractivity contribution < 1.29 is 9.53 Å². The van der Waals surface area contributed by atoms with Crippen LogP contribution in [0.15, 0.2) is 79.0 Å². The number of ether oxygens (including phenoxy) is 1. The van der Waals surface area contributed by atoms with Gasteiger partial charge in [-0.15, -0.1) is 0 Å². The van der Waals surface area contributed by atoms with E-state index in [0.29, 0.717) is 17.9 Å². The first-order valence-corrected chi connectivity index (χ1v) is 8.67. The lowest BCUT2D eigenvalue weighted by atomic mass is 10.1. The number of hydrogen-bond acceptors (Lipinski definition) is 3. The molecule has 2 aromatic carbocycles. The van der Waals surface area contributed by atoms with Crippen molar-refractivity contribution in [3.05, 3.63) is 90.1 Å². The lowest BCUT2D eigenvalue weighted by Crippen LogP contribution is -2.31. The molecule has 26 heavy (non-hydrogen) atoms. The number of anilines is 1. The first-order valence-electron chi connectivity index (χ1n) is 8.67. The van der Waals surface area contributed by atoms with Gasteiger partial charge in [0.1, 0.15) is 11.6 Å². The number of hydrogen-bond donors (Lipinski definition) is 0. The molecule has 132 valence electrons. The molecule has 0 saturated carbocycles. The average Bonchev–Trinajstić information content (AvgIpc) is 2.67. The number of pyridine rings is 1. The van der Waals surface area contributed by atoms with Crippen LogP contribution in [-0.4, -0.2) is 17.0 Å². The molecule has 0 N–H and O–H groups in total. The van der Waals surface area contributed by atoms with E-state index < -0.39 is 0 Å². The van der Waals surface area contributed by atoms with E-state index in [-0.39, 0.29) is 12.0 Å². The maximum absolute atomic E-state index is 13.1. The molecule has 0 spiro atoms. The minimum atomic E-state index is -0.0938. The van der Waals surface area contributed by atoms with Crippen LogP contribution in [0.3, 0.4) is 0 Å². The van der Waals surface area contributed by atoms with Gasteiger partial charge < -0.3 is 4.74 Å². The van der Waals surface area contributed by atoms with Crippen LogP contribution in [0.4, 0.5) is 5.82 Å². The van der Waals surface area contributed by atoms with Gasteiger partial charge in [-0.25, -0.2) is 4.98 Å². The van der Waals surface area contributed by atoms with Crippen LogP contribution in [0.1, 0.15) is 29.8 Å². The average molecular weight is 346 g/mol. The molecule has 0 bridgehead atoms. The summed E-state index contributed by atoms with van der Waals surface area (Å²) in [6.45, 7) is 4.41. The Hall–Kier alpha value is -3.14. The third-order valence-electron chi connectivity index (χ3n) is 3.83. The number of amides is 1. The van der Waals surface area contributed by atoms with Crippen molar-refractivity contribution in [2.75, 3.05) is 4.90 Å². The predicted octanol–water partition coefficient (Wildman–Crippen LogP) is 4.72. The van der Waals surface area contributed by atoms with Crippen molar-refractivity contribution in [1.29, 1.82) is 0 Å². The lowest BCUT2D eigenvalue weighted by molar-refractivity contribution is 0.0984. The molecule has 4 nitrogen and oxygen atoms in total. The van der Waals surface area contributed by atoms with Gasteiger partial charge in [-0.2, -0.15) is 0 Å². The van der Waals surface area contributed by atoms with Gasteiger partial charge in [-0.3, -0.25) is 9.69 Å². The second kappa shape index (κ2) is 8.30. The molecule has 0 unspecified atom stereocenters. The number of aromatic nitrogens is 1. The molecule has 0 radical (unpaired) electrons. The Morgan fingerprint density at radius 1 is 0.962 bits per heavy atom. The van der Waals surface area contributed by atoms with Gasteiger partial charge in [0.15, 0.2) is 0 Å². The Labute approximate surface area is 154 Å². The highest BCUT2D eigenvalue weighted by atomic mass is 16.5. The zero-order valence-electron chi connectivity index (χ0n) is 15.0. The zero-order valence-corrected chi connectivity index (χ0v) is 15.0. The first-order chi connectivity index (χ1) is 12.6. The topological polar surface area (TPSA) is 42.4 Å². The van der Waals surface area contributed by atoms with Crippen LogP contribution in [0.25, 0.3) is 0 Å². The maximum atomic E-state index is 13.1. The standard InChI is InChI=1S/C22H22N2O2/c1-17(2)26-20-13-11-19(12-14-20)22(25)24(21-10-6-7-15-23-21)16-18-8-4-3-5-9-18/h3-15,17H,16H2,1-2H3. The Bertz CT molecular complexity index is 831. The Kier molecular flexibility index (Phi) is 5.64. The summed E-state index contributed by atoms with van der Waals surface area (Å²) in [5.41, 5.74) is 1.65. The van der Waals surface area contributed by atoms with Gasteiger partial charge in [0, 0.05) is 11.8 Å². The van der Waals surface area contributed by atoms with Crippen LogP contribution in [-0.2, 0) is 6.54 Å². The molecule has 4 heteroatoms. The second-order valence-electron chi connectivity index (χ2n) is 6.26. The van der Waals surface area contributed by atoms with Crippen LogP contribution in [0, 0.1) is 0 Å². The summed E-state index contributed by atoms with van der Waals surface area (Å²) in [4.78, 5) is 19.2. The van der Waals surface area contributed by atoms with Crippen LogP contribution >= 0.6 is 0 Å². The van der Waals surface area contributed by atoms with Crippen molar-refractivity contribution in [3.8, 4) is 5.75 Å². The van der Waals surface area contributed by atoms with Gasteiger partial charge in [-0.05, 0) is 55.8 Å². The number of carbonyl (C=O) groups excluding carboxylic acids is 1. The van der Waals surface area contributed by atoms with Crippen molar-refractivity contribution in [1.82, 2.24) is 4.98 Å². The van der Waals surface area contributed by atoms with Crippen LogP contribution < -0.4 is 9.64 Å². The zero-order chi connectivity index (χ0) is 18.4. The molecule has 0 aliphatic carbocycles. The van der Waals surface area contributed by atoms with Crippen molar-refractivity contribution in [3.63, 3.8) is 0 Å². The highest BCUT2D eigenvalue weighted by Crippen LogP contribution is 2.20.